The molecule has 0 unspecified atom stereocenters. The number of nitrogens with zero attached hydrogens (tertiary/aromatic N) is 2. The third-order valence-electron chi connectivity index (χ3n) is 2.06. The van der Waals surface area contributed by atoms with E-state index >= 15 is 0 Å². The Bertz CT molecular complexity index is 498. The summed E-state index contributed by atoms with van der Waals surface area (Å²) in [6, 6.07) is 2.42. The van der Waals surface area contributed by atoms with Crippen LogP contribution in [0, 0.1) is 11.3 Å². The molecule has 0 saturated heterocycles. The molecule has 1 heterocycles. The zero-order valence-corrected chi connectivity index (χ0v) is 9.90. The molecule has 1 rings (SSSR count). The first kappa shape index (κ1) is 15.4. The Labute approximate surface area is 109 Å². The standard InChI is InChI=1S/C10H6ClF5N2O/c11-4-6-5(1-2-17)3-7(19-10(14,15)16)18-8(6)9(12)13/h3,9H,1,4H2. The van der Waals surface area contributed by atoms with Crippen LogP contribution in [0.1, 0.15) is 23.2 Å². The first-order chi connectivity index (χ1) is 8.78. The van der Waals surface area contributed by atoms with E-state index in [1.807, 2.05) is 0 Å². The summed E-state index contributed by atoms with van der Waals surface area (Å²) in [5.74, 6) is -1.43. The molecule has 0 spiro atoms. The summed E-state index contributed by atoms with van der Waals surface area (Å²) in [6.07, 6.45) is -8.56. The van der Waals surface area contributed by atoms with Crippen LogP contribution in [0.4, 0.5) is 22.0 Å². The van der Waals surface area contributed by atoms with Gasteiger partial charge in [0.2, 0.25) is 5.88 Å². The normalized spacial score (nSPS) is 11.5. The molecule has 9 heteroatoms. The number of ether oxygens (including phenoxy) is 1. The van der Waals surface area contributed by atoms with Gasteiger partial charge in [0.15, 0.2) is 0 Å². The lowest BCUT2D eigenvalue weighted by Gasteiger charge is -2.14. The van der Waals surface area contributed by atoms with E-state index in [1.54, 1.807) is 6.07 Å². The van der Waals surface area contributed by atoms with Crippen LogP contribution >= 0.6 is 11.6 Å². The summed E-state index contributed by atoms with van der Waals surface area (Å²) < 4.78 is 65.0. The summed E-state index contributed by atoms with van der Waals surface area (Å²) >= 11 is 5.46. The number of halogens is 6. The molecule has 0 amide bonds. The van der Waals surface area contributed by atoms with Crippen LogP contribution < -0.4 is 4.74 Å². The molecular weight excluding hydrogens is 295 g/mol. The number of hydrogen-bond donors (Lipinski definition) is 0. The molecule has 0 aliphatic heterocycles. The maximum absolute atomic E-state index is 12.7. The molecule has 1 aromatic rings. The molecule has 0 N–H and O–H groups in total. The monoisotopic (exact) mass is 300 g/mol. The fourth-order valence-corrected chi connectivity index (χ4v) is 1.68. The van der Waals surface area contributed by atoms with Gasteiger partial charge in [-0.05, 0) is 11.1 Å². The SMILES string of the molecule is N#CCc1cc(OC(F)(F)F)nc(C(F)F)c1CCl. The van der Waals surface area contributed by atoms with Gasteiger partial charge < -0.3 is 4.74 Å². The van der Waals surface area contributed by atoms with Gasteiger partial charge in [0, 0.05) is 11.9 Å². The second-order valence-electron chi connectivity index (χ2n) is 3.30. The van der Waals surface area contributed by atoms with Crippen molar-refractivity contribution in [3.05, 3.63) is 22.9 Å². The van der Waals surface area contributed by atoms with Crippen molar-refractivity contribution in [2.75, 3.05) is 0 Å². The van der Waals surface area contributed by atoms with E-state index < -0.39 is 30.2 Å². The van der Waals surface area contributed by atoms with E-state index in [4.69, 9.17) is 16.9 Å². The average Bonchev–Trinajstić information content (AvgIpc) is 2.26. The van der Waals surface area contributed by atoms with E-state index in [0.717, 1.165) is 6.07 Å². The van der Waals surface area contributed by atoms with Crippen LogP contribution in [-0.2, 0) is 12.3 Å². The predicted molar refractivity (Wildman–Crippen MR) is 54.8 cm³/mol. The van der Waals surface area contributed by atoms with E-state index in [1.165, 1.54) is 0 Å². The van der Waals surface area contributed by atoms with Crippen LogP contribution in [0.5, 0.6) is 5.88 Å². The Balaban J connectivity index is 3.33. The third-order valence-corrected chi connectivity index (χ3v) is 2.32. The summed E-state index contributed by atoms with van der Waals surface area (Å²) in [5, 5.41) is 8.53. The van der Waals surface area contributed by atoms with Crippen molar-refractivity contribution >= 4 is 11.6 Å². The molecule has 3 nitrogen and oxygen atoms in total. The van der Waals surface area contributed by atoms with E-state index in [-0.39, 0.29) is 17.5 Å². The minimum atomic E-state index is -5.06. The smallest absolute Gasteiger partial charge is 0.388 e. The fraction of sp³-hybridized carbons (Fsp3) is 0.400. The Morgan fingerprint density at radius 2 is 2.05 bits per heavy atom. The van der Waals surface area contributed by atoms with Crippen molar-refractivity contribution in [2.45, 2.75) is 25.1 Å². The van der Waals surface area contributed by atoms with Crippen molar-refractivity contribution in [2.24, 2.45) is 0 Å². The zero-order valence-electron chi connectivity index (χ0n) is 9.14. The predicted octanol–water partition coefficient (Wildman–Crippen LogP) is 3.72. The van der Waals surface area contributed by atoms with Crippen LogP contribution in [-0.4, -0.2) is 11.3 Å². The first-order valence-electron chi connectivity index (χ1n) is 4.78. The minimum Gasteiger partial charge on any atom is -0.388 e. The van der Waals surface area contributed by atoms with E-state index in [0.29, 0.717) is 0 Å². The van der Waals surface area contributed by atoms with Gasteiger partial charge in [-0.25, -0.2) is 13.8 Å². The quantitative estimate of drug-likeness (QED) is 0.629. The number of alkyl halides is 6. The summed E-state index contributed by atoms with van der Waals surface area (Å²) in [4.78, 5) is 3.09. The summed E-state index contributed by atoms with van der Waals surface area (Å²) in [5.41, 5.74) is -1.14. The highest BCUT2D eigenvalue weighted by atomic mass is 35.5. The number of pyridine rings is 1. The zero-order chi connectivity index (χ0) is 14.6. The number of nitriles is 1. The molecule has 0 bridgehead atoms. The van der Waals surface area contributed by atoms with E-state index in [9.17, 15) is 22.0 Å². The van der Waals surface area contributed by atoms with E-state index in [2.05, 4.69) is 9.72 Å². The van der Waals surface area contributed by atoms with Crippen LogP contribution in [0.3, 0.4) is 0 Å². The van der Waals surface area contributed by atoms with Gasteiger partial charge in [-0.3, -0.25) is 0 Å². The van der Waals surface area contributed by atoms with Gasteiger partial charge >= 0.3 is 6.36 Å². The molecule has 0 aliphatic carbocycles. The Hall–Kier alpha value is -1.62. The molecule has 1 aromatic heterocycles. The average molecular weight is 301 g/mol. The van der Waals surface area contributed by atoms with Gasteiger partial charge in [0.05, 0.1) is 12.5 Å². The molecule has 0 radical (unpaired) electrons. The molecule has 0 atom stereocenters. The highest BCUT2D eigenvalue weighted by Crippen LogP contribution is 2.30. The third kappa shape index (κ3) is 4.21. The molecule has 0 aliphatic rings. The Morgan fingerprint density at radius 3 is 2.47 bits per heavy atom. The summed E-state index contributed by atoms with van der Waals surface area (Å²) in [6.45, 7) is 0. The van der Waals surface area contributed by atoms with Gasteiger partial charge in [-0.15, -0.1) is 24.8 Å². The number of rotatable bonds is 4. The second kappa shape index (κ2) is 6.02. The van der Waals surface area contributed by atoms with Gasteiger partial charge in [0.1, 0.15) is 5.69 Å². The van der Waals surface area contributed by atoms with Gasteiger partial charge in [-0.1, -0.05) is 0 Å². The lowest BCUT2D eigenvalue weighted by Crippen LogP contribution is -2.19. The highest BCUT2D eigenvalue weighted by Gasteiger charge is 2.33. The maximum Gasteiger partial charge on any atom is 0.574 e. The fourth-order valence-electron chi connectivity index (χ4n) is 1.37. The second-order valence-corrected chi connectivity index (χ2v) is 3.57. The Morgan fingerprint density at radius 1 is 1.42 bits per heavy atom. The van der Waals surface area contributed by atoms with Crippen molar-refractivity contribution in [3.63, 3.8) is 0 Å². The van der Waals surface area contributed by atoms with Crippen LogP contribution in [0.25, 0.3) is 0 Å². The minimum absolute atomic E-state index is 0.0675. The molecule has 104 valence electrons. The molecular formula is C10H6ClF5N2O. The van der Waals surface area contributed by atoms with Crippen molar-refractivity contribution in [3.8, 4) is 11.9 Å². The molecule has 0 fully saturated rings. The largest absolute Gasteiger partial charge is 0.574 e. The first-order valence-corrected chi connectivity index (χ1v) is 5.31. The highest BCUT2D eigenvalue weighted by molar-refractivity contribution is 6.17. The lowest BCUT2D eigenvalue weighted by atomic mass is 10.1. The number of hydrogen-bond acceptors (Lipinski definition) is 3. The molecule has 0 saturated carbocycles. The van der Waals surface area contributed by atoms with Crippen molar-refractivity contribution in [1.82, 2.24) is 4.98 Å². The van der Waals surface area contributed by atoms with Crippen LogP contribution in [0.15, 0.2) is 6.07 Å². The maximum atomic E-state index is 12.7. The van der Waals surface area contributed by atoms with Gasteiger partial charge in [-0.2, -0.15) is 5.26 Å². The van der Waals surface area contributed by atoms with Gasteiger partial charge in [0.25, 0.3) is 6.43 Å². The number of aromatic nitrogens is 1. The lowest BCUT2D eigenvalue weighted by molar-refractivity contribution is -0.276. The van der Waals surface area contributed by atoms with Crippen LogP contribution in [0.2, 0.25) is 0 Å². The van der Waals surface area contributed by atoms with Crippen molar-refractivity contribution < 1.29 is 26.7 Å². The Kier molecular flexibility index (Phi) is 4.89. The van der Waals surface area contributed by atoms with Crippen molar-refractivity contribution in [1.29, 1.82) is 5.26 Å². The topological polar surface area (TPSA) is 45.9 Å². The summed E-state index contributed by atoms with van der Waals surface area (Å²) in [7, 11) is 0. The molecule has 0 aromatic carbocycles. The molecule has 19 heavy (non-hydrogen) atoms.